The van der Waals surface area contributed by atoms with E-state index in [-0.39, 0.29) is 27.9 Å². The third kappa shape index (κ3) is 4.17. The molecule has 2 aromatic carbocycles. The van der Waals surface area contributed by atoms with Crippen molar-refractivity contribution in [1.29, 1.82) is 0 Å². The molecule has 8 heteroatoms. The molecule has 0 spiro atoms. The van der Waals surface area contributed by atoms with Crippen molar-refractivity contribution in [1.82, 2.24) is 4.90 Å². The number of hydrogen-bond acceptors (Lipinski definition) is 5. The summed E-state index contributed by atoms with van der Waals surface area (Å²) in [5.74, 6) is -0.106. The summed E-state index contributed by atoms with van der Waals surface area (Å²) in [7, 11) is -3.70. The molecule has 0 aromatic heterocycles. The lowest BCUT2D eigenvalue weighted by molar-refractivity contribution is -0.121. The van der Waals surface area contributed by atoms with Crippen LogP contribution in [-0.4, -0.2) is 43.3 Å². The standard InChI is InChI=1S/C23H27N3O4S/c1-23(2,3)16-10-11-19(27)18(13-16)24-22(28)15-7-6-12-26(14-15)21-17-8-4-5-9-20(17)31(29,30)25-21/h4-5,8-11,13,15,27H,6-7,12,14H2,1-3H3,(H,24,28)/t15-/m1/s1. The van der Waals surface area contributed by atoms with Crippen molar-refractivity contribution in [2.45, 2.75) is 43.9 Å². The summed E-state index contributed by atoms with van der Waals surface area (Å²) in [4.78, 5) is 15.1. The van der Waals surface area contributed by atoms with Gasteiger partial charge in [0.25, 0.3) is 10.0 Å². The number of anilines is 1. The minimum atomic E-state index is -3.70. The lowest BCUT2D eigenvalue weighted by Crippen LogP contribution is -2.43. The number of carbonyl (C=O) groups is 1. The summed E-state index contributed by atoms with van der Waals surface area (Å²) in [6.45, 7) is 7.21. The molecule has 0 aliphatic carbocycles. The molecule has 2 aliphatic rings. The molecule has 0 radical (unpaired) electrons. The summed E-state index contributed by atoms with van der Waals surface area (Å²) in [6.07, 6.45) is 1.43. The Morgan fingerprint density at radius 3 is 2.68 bits per heavy atom. The maximum Gasteiger partial charge on any atom is 0.285 e. The van der Waals surface area contributed by atoms with Crippen LogP contribution in [0.1, 0.15) is 44.7 Å². The Labute approximate surface area is 182 Å². The smallest absolute Gasteiger partial charge is 0.285 e. The number of nitrogens with one attached hydrogen (secondary N) is 1. The molecular formula is C23H27N3O4S. The van der Waals surface area contributed by atoms with E-state index >= 15 is 0 Å². The van der Waals surface area contributed by atoms with Crippen LogP contribution < -0.4 is 5.32 Å². The van der Waals surface area contributed by atoms with Gasteiger partial charge >= 0.3 is 0 Å². The van der Waals surface area contributed by atoms with E-state index in [2.05, 4.69) is 30.5 Å². The SMILES string of the molecule is CC(C)(C)c1ccc(O)c(NC(=O)[C@@H]2CCCN(C3=NS(=O)(=O)c4ccccc43)C2)c1. The fourth-order valence-electron chi connectivity index (χ4n) is 4.04. The van der Waals surface area contributed by atoms with Gasteiger partial charge in [-0.05, 0) is 48.1 Å². The van der Waals surface area contributed by atoms with Crippen LogP contribution in [-0.2, 0) is 20.2 Å². The van der Waals surface area contributed by atoms with E-state index < -0.39 is 10.0 Å². The van der Waals surface area contributed by atoms with Gasteiger partial charge in [0.1, 0.15) is 10.6 Å². The van der Waals surface area contributed by atoms with E-state index in [1.165, 1.54) is 0 Å². The summed E-state index contributed by atoms with van der Waals surface area (Å²) in [5.41, 5.74) is 1.86. The highest BCUT2D eigenvalue weighted by Crippen LogP contribution is 2.33. The second kappa shape index (κ2) is 7.67. The number of likely N-dealkylation sites (tertiary alicyclic amines) is 1. The minimum Gasteiger partial charge on any atom is -0.506 e. The number of aromatic hydroxyl groups is 1. The van der Waals surface area contributed by atoms with Gasteiger partial charge in [0, 0.05) is 18.7 Å². The first-order valence-corrected chi connectivity index (χ1v) is 11.8. The summed E-state index contributed by atoms with van der Waals surface area (Å²) in [5, 5.41) is 13.1. The van der Waals surface area contributed by atoms with E-state index in [1.54, 1.807) is 36.4 Å². The lowest BCUT2D eigenvalue weighted by atomic mass is 9.86. The van der Waals surface area contributed by atoms with Crippen molar-refractivity contribution in [2.24, 2.45) is 10.3 Å². The predicted octanol–water partition coefficient (Wildman–Crippen LogP) is 3.49. The van der Waals surface area contributed by atoms with Crippen molar-refractivity contribution in [3.63, 3.8) is 0 Å². The molecule has 0 saturated carbocycles. The predicted molar refractivity (Wildman–Crippen MR) is 120 cm³/mol. The van der Waals surface area contributed by atoms with Crippen molar-refractivity contribution < 1.29 is 18.3 Å². The van der Waals surface area contributed by atoms with Crippen LogP contribution >= 0.6 is 0 Å². The van der Waals surface area contributed by atoms with E-state index in [1.807, 2.05) is 11.0 Å². The number of rotatable bonds is 2. The Balaban J connectivity index is 1.53. The van der Waals surface area contributed by atoms with E-state index in [0.29, 0.717) is 36.6 Å². The molecule has 2 N–H and O–H groups in total. The van der Waals surface area contributed by atoms with E-state index in [4.69, 9.17) is 0 Å². The van der Waals surface area contributed by atoms with Crippen LogP contribution in [0, 0.1) is 5.92 Å². The van der Waals surface area contributed by atoms with Gasteiger partial charge in [0.2, 0.25) is 5.91 Å². The number of nitrogens with zero attached hydrogens (tertiary/aromatic N) is 2. The average Bonchev–Trinajstić information content (AvgIpc) is 3.00. The Hall–Kier alpha value is -2.87. The Morgan fingerprint density at radius 1 is 1.19 bits per heavy atom. The fraction of sp³-hybridized carbons (Fsp3) is 0.391. The maximum absolute atomic E-state index is 13.0. The van der Waals surface area contributed by atoms with Gasteiger partial charge in [0.05, 0.1) is 11.6 Å². The van der Waals surface area contributed by atoms with Crippen molar-refractivity contribution in [3.8, 4) is 5.75 Å². The van der Waals surface area contributed by atoms with Crippen LogP contribution in [0.5, 0.6) is 5.75 Å². The van der Waals surface area contributed by atoms with Gasteiger partial charge < -0.3 is 15.3 Å². The van der Waals surface area contributed by atoms with Crippen LogP contribution in [0.2, 0.25) is 0 Å². The molecular weight excluding hydrogens is 414 g/mol. The number of amidine groups is 1. The zero-order valence-corrected chi connectivity index (χ0v) is 18.7. The normalized spacial score (nSPS) is 20.2. The van der Waals surface area contributed by atoms with Gasteiger partial charge in [-0.25, -0.2) is 0 Å². The number of hydrogen-bond donors (Lipinski definition) is 2. The number of piperidine rings is 1. The summed E-state index contributed by atoms with van der Waals surface area (Å²) >= 11 is 0. The molecule has 2 heterocycles. The molecule has 31 heavy (non-hydrogen) atoms. The maximum atomic E-state index is 13.0. The molecule has 1 atom stereocenters. The molecule has 2 aliphatic heterocycles. The number of phenolic OH excluding ortho intramolecular Hbond substituents is 1. The van der Waals surface area contributed by atoms with Gasteiger partial charge in [-0.15, -0.1) is 4.40 Å². The van der Waals surface area contributed by atoms with Crippen molar-refractivity contribution in [2.75, 3.05) is 18.4 Å². The third-order valence-electron chi connectivity index (χ3n) is 5.82. The zero-order chi connectivity index (χ0) is 22.4. The number of benzene rings is 2. The highest BCUT2D eigenvalue weighted by atomic mass is 32.2. The number of carbonyl (C=O) groups excluding carboxylic acids is 1. The molecule has 1 fully saturated rings. The van der Waals surface area contributed by atoms with Crippen molar-refractivity contribution >= 4 is 27.5 Å². The number of amides is 1. The van der Waals surface area contributed by atoms with Crippen molar-refractivity contribution in [3.05, 3.63) is 53.6 Å². The second-order valence-electron chi connectivity index (χ2n) is 9.14. The number of fused-ring (bicyclic) bond motifs is 1. The first-order valence-electron chi connectivity index (χ1n) is 10.4. The molecule has 1 saturated heterocycles. The Morgan fingerprint density at radius 2 is 1.94 bits per heavy atom. The van der Waals surface area contributed by atoms with E-state index in [0.717, 1.165) is 12.0 Å². The van der Waals surface area contributed by atoms with Gasteiger partial charge in [-0.3, -0.25) is 4.79 Å². The van der Waals surface area contributed by atoms with Crippen LogP contribution in [0.4, 0.5) is 5.69 Å². The van der Waals surface area contributed by atoms with Crippen LogP contribution in [0.25, 0.3) is 0 Å². The topological polar surface area (TPSA) is 99.1 Å². The average molecular weight is 442 g/mol. The van der Waals surface area contributed by atoms with Crippen LogP contribution in [0.3, 0.4) is 0 Å². The Bertz CT molecular complexity index is 1170. The first kappa shape index (κ1) is 21.4. The third-order valence-corrected chi connectivity index (χ3v) is 7.15. The van der Waals surface area contributed by atoms with Gasteiger partial charge in [-0.2, -0.15) is 8.42 Å². The molecule has 164 valence electrons. The second-order valence-corrected chi connectivity index (χ2v) is 10.7. The first-order chi connectivity index (χ1) is 14.6. The largest absolute Gasteiger partial charge is 0.506 e. The van der Waals surface area contributed by atoms with E-state index in [9.17, 15) is 18.3 Å². The number of sulfonamides is 1. The molecule has 7 nitrogen and oxygen atoms in total. The van der Waals surface area contributed by atoms with Crippen LogP contribution in [0.15, 0.2) is 51.8 Å². The van der Waals surface area contributed by atoms with Gasteiger partial charge in [-0.1, -0.05) is 39.0 Å². The highest BCUT2D eigenvalue weighted by molar-refractivity contribution is 7.90. The molecule has 4 rings (SSSR count). The zero-order valence-electron chi connectivity index (χ0n) is 17.9. The monoisotopic (exact) mass is 441 g/mol. The number of phenols is 1. The Kier molecular flexibility index (Phi) is 5.29. The minimum absolute atomic E-state index is 0.0224. The fourth-order valence-corrected chi connectivity index (χ4v) is 5.27. The summed E-state index contributed by atoms with van der Waals surface area (Å²) < 4.78 is 28.8. The molecule has 0 unspecified atom stereocenters. The quantitative estimate of drug-likeness (QED) is 0.695. The highest BCUT2D eigenvalue weighted by Gasteiger charge is 2.35. The van der Waals surface area contributed by atoms with Gasteiger partial charge in [0.15, 0.2) is 5.84 Å². The molecule has 2 aromatic rings. The molecule has 1 amide bonds. The molecule has 0 bridgehead atoms. The lowest BCUT2D eigenvalue weighted by Gasteiger charge is -2.33. The summed E-state index contributed by atoms with van der Waals surface area (Å²) in [6, 6.07) is 12.0.